The first-order chi connectivity index (χ1) is 8.34. The van der Waals surface area contributed by atoms with Gasteiger partial charge in [0, 0.05) is 24.0 Å². The maximum absolute atomic E-state index is 4.48. The lowest BCUT2D eigenvalue weighted by molar-refractivity contribution is 0.520. The molecule has 1 aliphatic carbocycles. The lowest BCUT2D eigenvalue weighted by Crippen LogP contribution is -2.19. The van der Waals surface area contributed by atoms with Crippen LogP contribution in [-0.2, 0) is 13.0 Å². The maximum Gasteiger partial charge on any atom is 0.0605 e. The van der Waals surface area contributed by atoms with E-state index in [1.807, 2.05) is 25.4 Å². The molecule has 0 saturated carbocycles. The van der Waals surface area contributed by atoms with Crippen molar-refractivity contribution >= 4 is 0 Å². The highest BCUT2D eigenvalue weighted by molar-refractivity contribution is 5.28. The molecule has 2 N–H and O–H groups in total. The zero-order valence-electron chi connectivity index (χ0n) is 9.90. The summed E-state index contributed by atoms with van der Waals surface area (Å²) in [4.78, 5) is 4.48. The molecule has 4 nitrogen and oxygen atoms in total. The lowest BCUT2D eigenvalue weighted by atomic mass is 10.2. The van der Waals surface area contributed by atoms with Gasteiger partial charge < -0.3 is 5.32 Å². The predicted molar refractivity (Wildman–Crippen MR) is 65.5 cm³/mol. The van der Waals surface area contributed by atoms with Crippen LogP contribution >= 0.6 is 0 Å². The van der Waals surface area contributed by atoms with E-state index in [9.17, 15) is 0 Å². The van der Waals surface area contributed by atoms with Gasteiger partial charge in [-0.05, 0) is 31.4 Å². The third-order valence-corrected chi connectivity index (χ3v) is 3.43. The van der Waals surface area contributed by atoms with Crippen LogP contribution in [0.15, 0.2) is 24.5 Å². The summed E-state index contributed by atoms with van der Waals surface area (Å²) in [5.41, 5.74) is 4.97. The molecular weight excluding hydrogens is 212 g/mol. The topological polar surface area (TPSA) is 53.6 Å². The van der Waals surface area contributed by atoms with Crippen molar-refractivity contribution in [3.05, 3.63) is 47.0 Å². The number of pyridine rings is 1. The van der Waals surface area contributed by atoms with E-state index in [1.165, 1.54) is 16.8 Å². The van der Waals surface area contributed by atoms with Crippen LogP contribution in [0, 0.1) is 6.92 Å². The van der Waals surface area contributed by atoms with Crippen molar-refractivity contribution in [2.24, 2.45) is 0 Å². The van der Waals surface area contributed by atoms with E-state index in [1.54, 1.807) is 0 Å². The van der Waals surface area contributed by atoms with E-state index in [2.05, 4.69) is 26.6 Å². The van der Waals surface area contributed by atoms with Crippen molar-refractivity contribution in [1.29, 1.82) is 0 Å². The van der Waals surface area contributed by atoms with E-state index in [0.717, 1.165) is 25.1 Å². The summed E-state index contributed by atoms with van der Waals surface area (Å²) in [5.74, 6) is 0. The number of fused-ring (bicyclic) bond motifs is 1. The first kappa shape index (κ1) is 10.5. The summed E-state index contributed by atoms with van der Waals surface area (Å²) < 4.78 is 0. The number of aromatic amines is 1. The van der Waals surface area contributed by atoms with Crippen molar-refractivity contribution in [2.75, 3.05) is 0 Å². The summed E-state index contributed by atoms with van der Waals surface area (Å²) in [5, 5.41) is 10.5. The Kier molecular flexibility index (Phi) is 2.65. The third-order valence-electron chi connectivity index (χ3n) is 3.43. The Bertz CT molecular complexity index is 518. The van der Waals surface area contributed by atoms with Gasteiger partial charge in [0.25, 0.3) is 0 Å². The Labute approximate surface area is 100 Å². The molecule has 1 atom stereocenters. The summed E-state index contributed by atoms with van der Waals surface area (Å²) in [7, 11) is 0. The van der Waals surface area contributed by atoms with Gasteiger partial charge in [0.1, 0.15) is 0 Å². The molecule has 0 bridgehead atoms. The van der Waals surface area contributed by atoms with Gasteiger partial charge >= 0.3 is 0 Å². The Balaban J connectivity index is 1.70. The van der Waals surface area contributed by atoms with Gasteiger partial charge in [0.2, 0.25) is 0 Å². The molecule has 2 aromatic rings. The molecule has 0 saturated heterocycles. The van der Waals surface area contributed by atoms with Crippen LogP contribution in [0.25, 0.3) is 0 Å². The van der Waals surface area contributed by atoms with Gasteiger partial charge in [-0.15, -0.1) is 0 Å². The van der Waals surface area contributed by atoms with E-state index >= 15 is 0 Å². The van der Waals surface area contributed by atoms with E-state index < -0.39 is 0 Å². The van der Waals surface area contributed by atoms with Crippen LogP contribution < -0.4 is 5.32 Å². The number of H-pyrrole nitrogens is 1. The van der Waals surface area contributed by atoms with Crippen LogP contribution in [-0.4, -0.2) is 15.2 Å². The molecule has 0 spiro atoms. The Morgan fingerprint density at radius 3 is 3.29 bits per heavy atom. The van der Waals surface area contributed by atoms with E-state index in [4.69, 9.17) is 0 Å². The number of hydrogen-bond acceptors (Lipinski definition) is 3. The minimum Gasteiger partial charge on any atom is -0.304 e. The molecular formula is C13H16N4. The summed E-state index contributed by atoms with van der Waals surface area (Å²) in [6.45, 7) is 2.90. The lowest BCUT2D eigenvalue weighted by Gasteiger charge is -2.12. The summed E-state index contributed by atoms with van der Waals surface area (Å²) in [6.07, 6.45) is 6.03. The average Bonchev–Trinajstić information content (AvgIpc) is 2.93. The van der Waals surface area contributed by atoms with Crippen molar-refractivity contribution in [2.45, 2.75) is 32.4 Å². The quantitative estimate of drug-likeness (QED) is 0.843. The SMILES string of the molecule is Cc1[nH]ncc1CNC1CCc2cccnc21. The normalized spacial score (nSPS) is 18.3. The standard InChI is InChI=1S/C13H16N4/c1-9-11(8-16-17-9)7-15-12-5-4-10-3-2-6-14-13(10)12/h2-3,6,8,12,15H,4-5,7H2,1H3,(H,16,17). The highest BCUT2D eigenvalue weighted by Crippen LogP contribution is 2.28. The zero-order valence-corrected chi connectivity index (χ0v) is 9.90. The Hall–Kier alpha value is -1.68. The molecule has 2 aromatic heterocycles. The fourth-order valence-electron chi connectivity index (χ4n) is 2.40. The smallest absolute Gasteiger partial charge is 0.0605 e. The van der Waals surface area contributed by atoms with Crippen molar-refractivity contribution in [1.82, 2.24) is 20.5 Å². The van der Waals surface area contributed by atoms with Crippen molar-refractivity contribution < 1.29 is 0 Å². The molecule has 17 heavy (non-hydrogen) atoms. The molecule has 1 unspecified atom stereocenters. The molecule has 0 fully saturated rings. The van der Waals surface area contributed by atoms with Crippen molar-refractivity contribution in [3.8, 4) is 0 Å². The van der Waals surface area contributed by atoms with E-state index in [0.29, 0.717) is 6.04 Å². The van der Waals surface area contributed by atoms with Gasteiger partial charge in [-0.2, -0.15) is 5.10 Å². The number of aryl methyl sites for hydroxylation is 2. The monoisotopic (exact) mass is 228 g/mol. The Morgan fingerprint density at radius 2 is 2.47 bits per heavy atom. The molecule has 1 aliphatic rings. The van der Waals surface area contributed by atoms with Gasteiger partial charge in [-0.25, -0.2) is 0 Å². The minimum atomic E-state index is 0.389. The van der Waals surface area contributed by atoms with Gasteiger partial charge in [-0.1, -0.05) is 6.07 Å². The van der Waals surface area contributed by atoms with Crippen LogP contribution in [0.5, 0.6) is 0 Å². The third kappa shape index (κ3) is 1.96. The fourth-order valence-corrected chi connectivity index (χ4v) is 2.40. The number of nitrogens with one attached hydrogen (secondary N) is 2. The largest absolute Gasteiger partial charge is 0.304 e. The highest BCUT2D eigenvalue weighted by atomic mass is 15.1. The summed E-state index contributed by atoms with van der Waals surface area (Å²) >= 11 is 0. The molecule has 0 aliphatic heterocycles. The first-order valence-corrected chi connectivity index (χ1v) is 6.00. The molecule has 0 amide bonds. The fraction of sp³-hybridized carbons (Fsp3) is 0.385. The summed E-state index contributed by atoms with van der Waals surface area (Å²) in [6, 6.07) is 4.58. The van der Waals surface area contributed by atoms with Gasteiger partial charge in [0.05, 0.1) is 17.9 Å². The zero-order chi connectivity index (χ0) is 11.7. The number of aromatic nitrogens is 3. The minimum absolute atomic E-state index is 0.389. The van der Waals surface area contributed by atoms with Gasteiger partial charge in [-0.3, -0.25) is 10.1 Å². The predicted octanol–water partition coefficient (Wildman–Crippen LogP) is 1.89. The second-order valence-corrected chi connectivity index (χ2v) is 4.54. The number of nitrogens with zero attached hydrogens (tertiary/aromatic N) is 2. The van der Waals surface area contributed by atoms with Crippen LogP contribution in [0.2, 0.25) is 0 Å². The number of hydrogen-bond donors (Lipinski definition) is 2. The van der Waals surface area contributed by atoms with Crippen LogP contribution in [0.4, 0.5) is 0 Å². The number of rotatable bonds is 3. The molecule has 4 heteroatoms. The second kappa shape index (κ2) is 4.30. The molecule has 0 aromatic carbocycles. The average molecular weight is 228 g/mol. The molecule has 88 valence electrons. The second-order valence-electron chi connectivity index (χ2n) is 4.54. The van der Waals surface area contributed by atoms with Crippen LogP contribution in [0.3, 0.4) is 0 Å². The van der Waals surface area contributed by atoms with Crippen LogP contribution in [0.1, 0.15) is 35.0 Å². The maximum atomic E-state index is 4.48. The molecule has 0 radical (unpaired) electrons. The van der Waals surface area contributed by atoms with E-state index in [-0.39, 0.29) is 0 Å². The van der Waals surface area contributed by atoms with Crippen molar-refractivity contribution in [3.63, 3.8) is 0 Å². The highest BCUT2D eigenvalue weighted by Gasteiger charge is 2.22. The van der Waals surface area contributed by atoms with Gasteiger partial charge in [0.15, 0.2) is 0 Å². The Morgan fingerprint density at radius 1 is 1.53 bits per heavy atom. The first-order valence-electron chi connectivity index (χ1n) is 6.00. The molecule has 3 rings (SSSR count). The molecule has 2 heterocycles.